The van der Waals surface area contributed by atoms with Crippen LogP contribution in [0.25, 0.3) is 16.9 Å². The van der Waals surface area contributed by atoms with Gasteiger partial charge in [-0.15, -0.1) is 5.10 Å². The van der Waals surface area contributed by atoms with Crippen molar-refractivity contribution < 1.29 is 9.13 Å². The number of hydrogen-bond acceptors (Lipinski definition) is 4. The van der Waals surface area contributed by atoms with E-state index in [0.29, 0.717) is 5.69 Å². The van der Waals surface area contributed by atoms with Crippen molar-refractivity contribution in [1.29, 1.82) is 0 Å². The zero-order valence-corrected chi connectivity index (χ0v) is 12.2. The Hall–Kier alpha value is -2.89. The lowest BCUT2D eigenvalue weighted by molar-refractivity contribution is 0.412. The maximum absolute atomic E-state index is 13.9. The Morgan fingerprint density at radius 2 is 1.95 bits per heavy atom. The molecule has 0 atom stereocenters. The standard InChI is InChI=1S/C16H15FN4O/c1-10-9-11(7-8-14(10)22-2)15-16(18)21(20-19-15)13-6-4-3-5-12(13)17/h3-9H,18H2,1-2H3. The van der Waals surface area contributed by atoms with Gasteiger partial charge in [-0.1, -0.05) is 17.3 Å². The average molecular weight is 298 g/mol. The number of anilines is 1. The summed E-state index contributed by atoms with van der Waals surface area (Å²) in [6, 6.07) is 11.9. The predicted octanol–water partition coefficient (Wildman–Crippen LogP) is 2.97. The van der Waals surface area contributed by atoms with Crippen molar-refractivity contribution in [1.82, 2.24) is 15.0 Å². The number of aromatic nitrogens is 3. The van der Waals surface area contributed by atoms with Gasteiger partial charge in [0.05, 0.1) is 7.11 Å². The van der Waals surface area contributed by atoms with E-state index in [1.807, 2.05) is 25.1 Å². The minimum atomic E-state index is -0.406. The van der Waals surface area contributed by atoms with Crippen LogP contribution in [0.4, 0.5) is 10.2 Å². The van der Waals surface area contributed by atoms with Gasteiger partial charge in [0, 0.05) is 5.56 Å². The first-order valence-corrected chi connectivity index (χ1v) is 6.73. The van der Waals surface area contributed by atoms with E-state index < -0.39 is 5.82 Å². The molecule has 3 aromatic rings. The molecule has 0 radical (unpaired) electrons. The summed E-state index contributed by atoms with van der Waals surface area (Å²) < 4.78 is 20.4. The zero-order chi connectivity index (χ0) is 15.7. The van der Waals surface area contributed by atoms with Gasteiger partial charge >= 0.3 is 0 Å². The summed E-state index contributed by atoms with van der Waals surface area (Å²) in [5.74, 6) is 0.662. The molecule has 0 aliphatic heterocycles. The SMILES string of the molecule is COc1ccc(-c2nnn(-c3ccccc3F)c2N)cc1C. The Labute approximate surface area is 127 Å². The topological polar surface area (TPSA) is 66.0 Å². The van der Waals surface area contributed by atoms with Gasteiger partial charge < -0.3 is 10.5 Å². The van der Waals surface area contributed by atoms with Gasteiger partial charge in [0.25, 0.3) is 0 Å². The van der Waals surface area contributed by atoms with Crippen LogP contribution in [0.5, 0.6) is 5.75 Å². The van der Waals surface area contributed by atoms with E-state index in [1.165, 1.54) is 10.7 Å². The first kappa shape index (κ1) is 14.1. The van der Waals surface area contributed by atoms with Gasteiger partial charge in [-0.2, -0.15) is 4.68 Å². The Morgan fingerprint density at radius 3 is 2.64 bits per heavy atom. The summed E-state index contributed by atoms with van der Waals surface area (Å²) in [6.45, 7) is 1.93. The molecule has 1 heterocycles. The van der Waals surface area contributed by atoms with Crippen molar-refractivity contribution in [3.8, 4) is 22.7 Å². The Morgan fingerprint density at radius 1 is 1.18 bits per heavy atom. The van der Waals surface area contributed by atoms with E-state index >= 15 is 0 Å². The van der Waals surface area contributed by atoms with Crippen molar-refractivity contribution in [3.05, 3.63) is 53.8 Å². The molecule has 1 aromatic heterocycles. The number of nitrogen functional groups attached to an aromatic ring is 1. The molecule has 3 rings (SSSR count). The third-order valence-electron chi connectivity index (χ3n) is 3.45. The second kappa shape index (κ2) is 5.48. The van der Waals surface area contributed by atoms with Gasteiger partial charge in [-0.05, 0) is 42.8 Å². The molecule has 0 amide bonds. The monoisotopic (exact) mass is 298 g/mol. The maximum atomic E-state index is 13.9. The van der Waals surface area contributed by atoms with Crippen LogP contribution in [0, 0.1) is 12.7 Å². The molecular weight excluding hydrogens is 283 g/mol. The van der Waals surface area contributed by atoms with Crippen molar-refractivity contribution in [2.45, 2.75) is 6.92 Å². The molecule has 2 aromatic carbocycles. The van der Waals surface area contributed by atoms with Crippen molar-refractivity contribution in [2.75, 3.05) is 12.8 Å². The number of ether oxygens (including phenoxy) is 1. The molecule has 0 saturated carbocycles. The number of methoxy groups -OCH3 is 1. The first-order chi connectivity index (χ1) is 10.6. The number of nitrogens with two attached hydrogens (primary N) is 1. The van der Waals surface area contributed by atoms with Crippen molar-refractivity contribution in [2.24, 2.45) is 0 Å². The minimum absolute atomic E-state index is 0.268. The number of para-hydroxylation sites is 1. The van der Waals surface area contributed by atoms with Crippen LogP contribution in [0.2, 0.25) is 0 Å². The van der Waals surface area contributed by atoms with Gasteiger partial charge in [-0.3, -0.25) is 0 Å². The first-order valence-electron chi connectivity index (χ1n) is 6.73. The fourth-order valence-electron chi connectivity index (χ4n) is 2.32. The molecule has 0 unspecified atom stereocenters. The molecule has 0 aliphatic rings. The lowest BCUT2D eigenvalue weighted by Gasteiger charge is -2.07. The molecule has 0 fully saturated rings. The summed E-state index contributed by atoms with van der Waals surface area (Å²) >= 11 is 0. The third-order valence-corrected chi connectivity index (χ3v) is 3.45. The number of hydrogen-bond donors (Lipinski definition) is 1. The van der Waals surface area contributed by atoms with Crippen LogP contribution in [0.1, 0.15) is 5.56 Å². The van der Waals surface area contributed by atoms with E-state index in [2.05, 4.69) is 10.3 Å². The Bertz CT molecular complexity index is 829. The second-order valence-corrected chi connectivity index (χ2v) is 4.87. The van der Waals surface area contributed by atoms with Crippen LogP contribution in [-0.2, 0) is 0 Å². The van der Waals surface area contributed by atoms with Crippen LogP contribution in [0.3, 0.4) is 0 Å². The highest BCUT2D eigenvalue weighted by molar-refractivity contribution is 5.72. The minimum Gasteiger partial charge on any atom is -0.496 e. The molecule has 5 nitrogen and oxygen atoms in total. The summed E-state index contributed by atoms with van der Waals surface area (Å²) in [4.78, 5) is 0. The van der Waals surface area contributed by atoms with E-state index in [-0.39, 0.29) is 11.5 Å². The Balaban J connectivity index is 2.08. The number of aryl methyl sites for hydroxylation is 1. The van der Waals surface area contributed by atoms with E-state index in [9.17, 15) is 4.39 Å². The van der Waals surface area contributed by atoms with Gasteiger partial charge in [0.2, 0.25) is 0 Å². The number of halogens is 1. The van der Waals surface area contributed by atoms with Gasteiger partial charge in [0.1, 0.15) is 22.9 Å². The number of nitrogens with zero attached hydrogens (tertiary/aromatic N) is 3. The average Bonchev–Trinajstić information content (AvgIpc) is 2.89. The summed E-state index contributed by atoms with van der Waals surface area (Å²) in [6.07, 6.45) is 0. The fourth-order valence-corrected chi connectivity index (χ4v) is 2.32. The van der Waals surface area contributed by atoms with Gasteiger partial charge in [-0.25, -0.2) is 4.39 Å². The molecule has 0 spiro atoms. The lowest BCUT2D eigenvalue weighted by Crippen LogP contribution is -2.04. The highest BCUT2D eigenvalue weighted by Gasteiger charge is 2.16. The van der Waals surface area contributed by atoms with E-state index in [1.54, 1.807) is 25.3 Å². The second-order valence-electron chi connectivity index (χ2n) is 4.87. The summed E-state index contributed by atoms with van der Waals surface area (Å²) in [5, 5.41) is 8.05. The Kier molecular flexibility index (Phi) is 3.50. The number of rotatable bonds is 3. The van der Waals surface area contributed by atoms with Crippen molar-refractivity contribution >= 4 is 5.82 Å². The van der Waals surface area contributed by atoms with E-state index in [4.69, 9.17) is 10.5 Å². The molecule has 22 heavy (non-hydrogen) atoms. The molecule has 6 heteroatoms. The maximum Gasteiger partial charge on any atom is 0.156 e. The van der Waals surface area contributed by atoms with Crippen LogP contribution < -0.4 is 10.5 Å². The van der Waals surface area contributed by atoms with Crippen molar-refractivity contribution in [3.63, 3.8) is 0 Å². The molecule has 0 bridgehead atoms. The third kappa shape index (κ3) is 2.28. The van der Waals surface area contributed by atoms with Crippen LogP contribution in [0.15, 0.2) is 42.5 Å². The smallest absolute Gasteiger partial charge is 0.156 e. The molecule has 2 N–H and O–H groups in total. The molecule has 112 valence electrons. The fraction of sp³-hybridized carbons (Fsp3) is 0.125. The predicted molar refractivity (Wildman–Crippen MR) is 82.5 cm³/mol. The van der Waals surface area contributed by atoms with Gasteiger partial charge in [0.15, 0.2) is 5.82 Å². The normalized spacial score (nSPS) is 10.7. The lowest BCUT2D eigenvalue weighted by atomic mass is 10.1. The molecule has 0 aliphatic carbocycles. The molecular formula is C16H15FN4O. The zero-order valence-electron chi connectivity index (χ0n) is 12.2. The molecule has 0 saturated heterocycles. The summed E-state index contributed by atoms with van der Waals surface area (Å²) in [5.41, 5.74) is 8.64. The highest BCUT2D eigenvalue weighted by atomic mass is 19.1. The van der Waals surface area contributed by atoms with Crippen LogP contribution >= 0.6 is 0 Å². The highest BCUT2D eigenvalue weighted by Crippen LogP contribution is 2.29. The quantitative estimate of drug-likeness (QED) is 0.807. The largest absolute Gasteiger partial charge is 0.496 e. The summed E-state index contributed by atoms with van der Waals surface area (Å²) in [7, 11) is 1.62. The van der Waals surface area contributed by atoms with E-state index in [0.717, 1.165) is 16.9 Å². The van der Waals surface area contributed by atoms with Crippen LogP contribution in [-0.4, -0.2) is 22.1 Å². The number of benzene rings is 2.